The number of benzene rings is 2. The fourth-order valence-electron chi connectivity index (χ4n) is 3.50. The molecule has 2 aromatic carbocycles. The minimum Gasteiger partial charge on any atom is -1.00 e. The van der Waals surface area contributed by atoms with E-state index in [9.17, 15) is 0 Å². The Morgan fingerprint density at radius 3 is 2.42 bits per heavy atom. The van der Waals surface area contributed by atoms with Gasteiger partial charge in [0, 0.05) is 47.4 Å². The molecule has 0 aliphatic heterocycles. The number of para-hydroxylation sites is 2. The number of halogens is 1. The maximum absolute atomic E-state index is 3.46. The Hall–Kier alpha value is -2.34. The quantitative estimate of drug-likeness (QED) is 0.358. The smallest absolute Gasteiger partial charge is 0.214 e. The number of aryl methyl sites for hydroxylation is 2. The Labute approximate surface area is 170 Å². The third kappa shape index (κ3) is 3.09. The molecule has 0 amide bonds. The van der Waals surface area contributed by atoms with E-state index in [0.29, 0.717) is 0 Å². The topological polar surface area (TPSA) is 31.7 Å². The number of hydrogen-bond donors (Lipinski definition) is 2. The van der Waals surface area contributed by atoms with Crippen molar-refractivity contribution in [3.63, 3.8) is 0 Å². The number of pyridine rings is 1. The third-order valence-corrected chi connectivity index (χ3v) is 4.87. The van der Waals surface area contributed by atoms with E-state index in [1.54, 1.807) is 0 Å². The van der Waals surface area contributed by atoms with Crippen LogP contribution >= 0.6 is 0 Å². The third-order valence-electron chi connectivity index (χ3n) is 4.87. The van der Waals surface area contributed by atoms with E-state index in [4.69, 9.17) is 0 Å². The molecule has 2 N–H and O–H groups in total. The average molecular weight is 455 g/mol. The van der Waals surface area contributed by atoms with Gasteiger partial charge in [0.05, 0.1) is 11.1 Å². The maximum atomic E-state index is 3.46. The number of fused-ring (bicyclic) bond motifs is 2. The summed E-state index contributed by atoms with van der Waals surface area (Å²) in [4.78, 5) is 3.46. The molecular weight excluding hydrogens is 433 g/mol. The highest BCUT2D eigenvalue weighted by Crippen LogP contribution is 2.25. The molecule has 0 saturated heterocycles. The zero-order valence-corrected chi connectivity index (χ0v) is 17.3. The first kappa shape index (κ1) is 18.5. The molecule has 4 rings (SSSR count). The number of aromatic nitrogens is 2. The highest BCUT2D eigenvalue weighted by atomic mass is 127. The van der Waals surface area contributed by atoms with Crippen LogP contribution in [0.4, 0.5) is 5.69 Å². The van der Waals surface area contributed by atoms with Crippen LogP contribution < -0.4 is 33.9 Å². The summed E-state index contributed by atoms with van der Waals surface area (Å²) in [6, 6.07) is 19.1. The van der Waals surface area contributed by atoms with Gasteiger partial charge in [-0.2, -0.15) is 4.57 Å². The van der Waals surface area contributed by atoms with Crippen molar-refractivity contribution in [2.75, 3.05) is 12.4 Å². The Bertz CT molecular complexity index is 1110. The second kappa shape index (κ2) is 7.50. The zero-order chi connectivity index (χ0) is 17.4. The van der Waals surface area contributed by atoms with Crippen LogP contribution in [0.1, 0.15) is 17.0 Å². The zero-order valence-electron chi connectivity index (χ0n) is 15.2. The van der Waals surface area contributed by atoms with Crippen molar-refractivity contribution in [1.29, 1.82) is 0 Å². The summed E-state index contributed by atoms with van der Waals surface area (Å²) in [5.41, 5.74) is 7.13. The molecule has 2 aromatic heterocycles. The molecule has 132 valence electrons. The summed E-state index contributed by atoms with van der Waals surface area (Å²) in [5, 5.41) is 5.81. The lowest BCUT2D eigenvalue weighted by Gasteiger charge is -2.06. The summed E-state index contributed by atoms with van der Waals surface area (Å²) in [6.45, 7) is 2.12. The Morgan fingerprint density at radius 2 is 1.65 bits per heavy atom. The van der Waals surface area contributed by atoms with Crippen molar-refractivity contribution < 1.29 is 28.5 Å². The van der Waals surface area contributed by atoms with Crippen LogP contribution in [-0.2, 0) is 7.05 Å². The molecule has 0 bridgehead atoms. The van der Waals surface area contributed by atoms with Gasteiger partial charge in [-0.25, -0.2) is 0 Å². The van der Waals surface area contributed by atoms with Gasteiger partial charge in [-0.15, -0.1) is 0 Å². The molecule has 0 unspecified atom stereocenters. The SMILES string of the molecule is CNc1cc(/C=C/c2c(C)[nH]c3ccccc23)[n+](C)c2ccccc12.[I-]. The number of H-pyrrole nitrogens is 1. The normalized spacial score (nSPS) is 11.2. The molecule has 0 atom stereocenters. The number of rotatable bonds is 3. The standard InChI is InChI=1S/C22H21N3.HI/c1-15-17(18-8-4-6-10-20(18)24-15)13-12-16-14-21(23-2)19-9-5-7-11-22(19)25(16)3;/h4-14H,1-3H3,(H,23,24);1H. The van der Waals surface area contributed by atoms with Crippen molar-refractivity contribution in [1.82, 2.24) is 4.98 Å². The minimum absolute atomic E-state index is 0. The first-order chi connectivity index (χ1) is 12.2. The van der Waals surface area contributed by atoms with Gasteiger partial charge in [0.15, 0.2) is 0 Å². The van der Waals surface area contributed by atoms with E-state index < -0.39 is 0 Å². The number of nitrogens with one attached hydrogen (secondary N) is 2. The molecule has 0 aliphatic carbocycles. The number of hydrogen-bond acceptors (Lipinski definition) is 1. The van der Waals surface area contributed by atoms with Crippen LogP contribution in [0.2, 0.25) is 0 Å². The molecule has 0 saturated carbocycles. The van der Waals surface area contributed by atoms with E-state index in [2.05, 4.69) is 95.6 Å². The predicted octanol–water partition coefficient (Wildman–Crippen LogP) is 1.67. The van der Waals surface area contributed by atoms with Gasteiger partial charge < -0.3 is 34.3 Å². The summed E-state index contributed by atoms with van der Waals surface area (Å²) in [6.07, 6.45) is 4.40. The van der Waals surface area contributed by atoms with Crippen molar-refractivity contribution in [2.24, 2.45) is 7.05 Å². The van der Waals surface area contributed by atoms with Crippen molar-refractivity contribution in [3.8, 4) is 0 Å². The fraction of sp³-hybridized carbons (Fsp3) is 0.136. The van der Waals surface area contributed by atoms with Crippen molar-refractivity contribution >= 4 is 39.6 Å². The number of anilines is 1. The molecule has 26 heavy (non-hydrogen) atoms. The van der Waals surface area contributed by atoms with Crippen LogP contribution in [0.3, 0.4) is 0 Å². The highest BCUT2D eigenvalue weighted by Gasteiger charge is 2.14. The molecule has 4 heteroatoms. The molecular formula is C22H22IN3. The van der Waals surface area contributed by atoms with Crippen LogP contribution in [0, 0.1) is 6.92 Å². The lowest BCUT2D eigenvalue weighted by Crippen LogP contribution is -3.00. The summed E-state index contributed by atoms with van der Waals surface area (Å²) >= 11 is 0. The monoisotopic (exact) mass is 455 g/mol. The molecule has 0 fully saturated rings. The summed E-state index contributed by atoms with van der Waals surface area (Å²) < 4.78 is 2.23. The Morgan fingerprint density at radius 1 is 0.962 bits per heavy atom. The van der Waals surface area contributed by atoms with Gasteiger partial charge in [-0.3, -0.25) is 0 Å². The van der Waals surface area contributed by atoms with E-state index >= 15 is 0 Å². The first-order valence-electron chi connectivity index (χ1n) is 8.54. The van der Waals surface area contributed by atoms with Gasteiger partial charge in [0.2, 0.25) is 11.2 Å². The van der Waals surface area contributed by atoms with Gasteiger partial charge in [0.25, 0.3) is 0 Å². The number of aromatic amines is 1. The largest absolute Gasteiger partial charge is 1.00 e. The van der Waals surface area contributed by atoms with Crippen LogP contribution in [0.5, 0.6) is 0 Å². The van der Waals surface area contributed by atoms with E-state index in [0.717, 1.165) is 11.4 Å². The second-order valence-electron chi connectivity index (χ2n) is 6.35. The average Bonchev–Trinajstić information content (AvgIpc) is 2.96. The molecule has 2 heterocycles. The molecule has 0 spiro atoms. The van der Waals surface area contributed by atoms with Crippen molar-refractivity contribution in [3.05, 3.63) is 71.5 Å². The lowest BCUT2D eigenvalue weighted by atomic mass is 10.1. The van der Waals surface area contributed by atoms with E-state index in [1.165, 1.54) is 33.1 Å². The summed E-state index contributed by atoms with van der Waals surface area (Å²) in [5.74, 6) is 0. The fourth-order valence-corrected chi connectivity index (χ4v) is 3.50. The van der Waals surface area contributed by atoms with Crippen LogP contribution in [-0.4, -0.2) is 12.0 Å². The lowest BCUT2D eigenvalue weighted by molar-refractivity contribution is -0.646. The van der Waals surface area contributed by atoms with Gasteiger partial charge in [-0.1, -0.05) is 30.3 Å². The summed E-state index contributed by atoms with van der Waals surface area (Å²) in [7, 11) is 4.09. The van der Waals surface area contributed by atoms with Gasteiger partial charge in [-0.05, 0) is 25.1 Å². The number of nitrogens with zero attached hydrogens (tertiary/aromatic N) is 1. The van der Waals surface area contributed by atoms with E-state index in [-0.39, 0.29) is 24.0 Å². The molecule has 3 nitrogen and oxygen atoms in total. The second-order valence-corrected chi connectivity index (χ2v) is 6.35. The van der Waals surface area contributed by atoms with E-state index in [1.807, 2.05) is 7.05 Å². The Kier molecular flexibility index (Phi) is 5.32. The highest BCUT2D eigenvalue weighted by molar-refractivity contribution is 5.94. The molecule has 0 aliphatic rings. The van der Waals surface area contributed by atoms with Crippen molar-refractivity contribution in [2.45, 2.75) is 6.92 Å². The minimum atomic E-state index is 0. The van der Waals surface area contributed by atoms with Crippen LogP contribution in [0.25, 0.3) is 34.0 Å². The predicted molar refractivity (Wildman–Crippen MR) is 107 cm³/mol. The van der Waals surface area contributed by atoms with Gasteiger partial charge >= 0.3 is 0 Å². The first-order valence-corrected chi connectivity index (χ1v) is 8.54. The van der Waals surface area contributed by atoms with Crippen LogP contribution in [0.15, 0.2) is 54.6 Å². The molecule has 0 radical (unpaired) electrons. The molecule has 4 aromatic rings. The maximum Gasteiger partial charge on any atom is 0.214 e. The van der Waals surface area contributed by atoms with Gasteiger partial charge in [0.1, 0.15) is 7.05 Å². The Balaban J connectivity index is 0.00000196.